The molecule has 0 saturated carbocycles. The molecule has 108 valence electrons. The van der Waals surface area contributed by atoms with E-state index < -0.39 is 26.7 Å². The van der Waals surface area contributed by atoms with Crippen molar-refractivity contribution in [2.75, 3.05) is 12.4 Å². The SMILES string of the molecule is CC(c1ccc(F)c(F)c1)S(=O)(=O)CCCCCO. The first-order chi connectivity index (χ1) is 8.88. The van der Waals surface area contributed by atoms with Crippen LogP contribution in [0.1, 0.15) is 37.0 Å². The zero-order valence-electron chi connectivity index (χ0n) is 10.8. The second kappa shape index (κ2) is 6.96. The van der Waals surface area contributed by atoms with Gasteiger partial charge in [-0.3, -0.25) is 0 Å². The molecule has 0 aliphatic carbocycles. The molecule has 0 aliphatic heterocycles. The summed E-state index contributed by atoms with van der Waals surface area (Å²) in [7, 11) is -3.39. The lowest BCUT2D eigenvalue weighted by Gasteiger charge is -2.13. The van der Waals surface area contributed by atoms with Gasteiger partial charge in [-0.1, -0.05) is 12.5 Å². The zero-order valence-corrected chi connectivity index (χ0v) is 11.6. The van der Waals surface area contributed by atoms with Gasteiger partial charge < -0.3 is 5.11 Å². The molecular formula is C13H18F2O3S. The third-order valence-corrected chi connectivity index (χ3v) is 5.25. The summed E-state index contributed by atoms with van der Waals surface area (Å²) in [6.07, 6.45) is 1.65. The number of aliphatic hydroxyl groups excluding tert-OH is 1. The molecule has 0 radical (unpaired) electrons. The maximum Gasteiger partial charge on any atom is 0.159 e. The van der Waals surface area contributed by atoms with E-state index in [4.69, 9.17) is 5.11 Å². The largest absolute Gasteiger partial charge is 0.396 e. The van der Waals surface area contributed by atoms with Gasteiger partial charge in [0.1, 0.15) is 0 Å². The van der Waals surface area contributed by atoms with Crippen LogP contribution in [-0.4, -0.2) is 25.9 Å². The van der Waals surface area contributed by atoms with Gasteiger partial charge in [-0.25, -0.2) is 17.2 Å². The Balaban J connectivity index is 2.74. The van der Waals surface area contributed by atoms with E-state index in [0.29, 0.717) is 19.3 Å². The topological polar surface area (TPSA) is 54.4 Å². The van der Waals surface area contributed by atoms with Crippen molar-refractivity contribution in [3.05, 3.63) is 35.4 Å². The second-order valence-corrected chi connectivity index (χ2v) is 6.91. The number of halogens is 2. The van der Waals surface area contributed by atoms with Gasteiger partial charge in [-0.05, 0) is 37.5 Å². The summed E-state index contributed by atoms with van der Waals surface area (Å²) >= 11 is 0. The van der Waals surface area contributed by atoms with Crippen LogP contribution in [0.25, 0.3) is 0 Å². The lowest BCUT2D eigenvalue weighted by molar-refractivity contribution is 0.284. The Morgan fingerprint density at radius 1 is 1.16 bits per heavy atom. The predicted molar refractivity (Wildman–Crippen MR) is 69.5 cm³/mol. The van der Waals surface area contributed by atoms with E-state index in [1.807, 2.05) is 0 Å². The van der Waals surface area contributed by atoms with Gasteiger partial charge in [0, 0.05) is 6.61 Å². The van der Waals surface area contributed by atoms with E-state index in [0.717, 1.165) is 12.1 Å². The highest BCUT2D eigenvalue weighted by molar-refractivity contribution is 7.91. The monoisotopic (exact) mass is 292 g/mol. The van der Waals surface area contributed by atoms with Gasteiger partial charge in [-0.15, -0.1) is 0 Å². The summed E-state index contributed by atoms with van der Waals surface area (Å²) in [4.78, 5) is 0. The van der Waals surface area contributed by atoms with Crippen molar-refractivity contribution >= 4 is 9.84 Å². The average molecular weight is 292 g/mol. The predicted octanol–water partition coefficient (Wildman–Crippen LogP) is 2.60. The number of benzene rings is 1. The minimum atomic E-state index is -3.39. The Labute approximate surface area is 112 Å². The smallest absolute Gasteiger partial charge is 0.159 e. The fourth-order valence-electron chi connectivity index (χ4n) is 1.74. The van der Waals surface area contributed by atoms with E-state index >= 15 is 0 Å². The summed E-state index contributed by atoms with van der Waals surface area (Å²) in [5, 5.41) is 7.75. The van der Waals surface area contributed by atoms with E-state index in [2.05, 4.69) is 0 Å². The van der Waals surface area contributed by atoms with Crippen molar-refractivity contribution in [3.63, 3.8) is 0 Å². The average Bonchev–Trinajstić information content (AvgIpc) is 2.37. The standard InChI is InChI=1S/C13H18F2O3S/c1-10(11-5-6-12(14)13(15)9-11)19(17,18)8-4-2-3-7-16/h5-6,9-10,16H,2-4,7-8H2,1H3. The Kier molecular flexibility index (Phi) is 5.87. The Morgan fingerprint density at radius 2 is 1.84 bits per heavy atom. The first-order valence-electron chi connectivity index (χ1n) is 6.16. The summed E-state index contributed by atoms with van der Waals surface area (Å²) in [5.41, 5.74) is 0.251. The van der Waals surface area contributed by atoms with Gasteiger partial charge in [-0.2, -0.15) is 0 Å². The second-order valence-electron chi connectivity index (χ2n) is 4.47. The number of hydrogen-bond donors (Lipinski definition) is 1. The van der Waals surface area contributed by atoms with Crippen LogP contribution in [0.3, 0.4) is 0 Å². The van der Waals surface area contributed by atoms with Gasteiger partial charge in [0.15, 0.2) is 21.5 Å². The number of aliphatic hydroxyl groups is 1. The highest BCUT2D eigenvalue weighted by atomic mass is 32.2. The molecule has 0 aliphatic rings. The molecule has 0 heterocycles. The maximum atomic E-state index is 13.1. The normalized spacial score (nSPS) is 13.5. The third-order valence-electron chi connectivity index (χ3n) is 3.04. The van der Waals surface area contributed by atoms with E-state index in [9.17, 15) is 17.2 Å². The minimum Gasteiger partial charge on any atom is -0.396 e. The fraction of sp³-hybridized carbons (Fsp3) is 0.538. The molecule has 6 heteroatoms. The zero-order chi connectivity index (χ0) is 14.5. The van der Waals surface area contributed by atoms with Crippen LogP contribution in [0.5, 0.6) is 0 Å². The quantitative estimate of drug-likeness (QED) is 0.786. The molecule has 19 heavy (non-hydrogen) atoms. The lowest BCUT2D eigenvalue weighted by atomic mass is 10.1. The van der Waals surface area contributed by atoms with E-state index in [1.54, 1.807) is 0 Å². The number of hydrogen-bond acceptors (Lipinski definition) is 3. The molecular weight excluding hydrogens is 274 g/mol. The molecule has 1 rings (SSSR count). The molecule has 0 saturated heterocycles. The number of rotatable bonds is 7. The molecule has 1 N–H and O–H groups in total. The molecule has 0 fully saturated rings. The number of sulfone groups is 1. The van der Waals surface area contributed by atoms with Gasteiger partial charge in [0.25, 0.3) is 0 Å². The first-order valence-corrected chi connectivity index (χ1v) is 7.87. The molecule has 0 spiro atoms. The van der Waals surface area contributed by atoms with Gasteiger partial charge in [0.2, 0.25) is 0 Å². The van der Waals surface area contributed by atoms with Crippen LogP contribution in [0.15, 0.2) is 18.2 Å². The molecule has 0 amide bonds. The van der Waals surface area contributed by atoms with Crippen LogP contribution < -0.4 is 0 Å². The molecule has 1 aromatic rings. The van der Waals surface area contributed by atoms with Crippen molar-refractivity contribution in [2.45, 2.75) is 31.4 Å². The van der Waals surface area contributed by atoms with Crippen LogP contribution >= 0.6 is 0 Å². The van der Waals surface area contributed by atoms with Crippen LogP contribution in [0.2, 0.25) is 0 Å². The lowest BCUT2D eigenvalue weighted by Crippen LogP contribution is -2.15. The highest BCUT2D eigenvalue weighted by Gasteiger charge is 2.23. The van der Waals surface area contributed by atoms with Gasteiger partial charge in [0.05, 0.1) is 11.0 Å². The maximum absolute atomic E-state index is 13.1. The molecule has 0 bridgehead atoms. The molecule has 1 unspecified atom stereocenters. The third kappa shape index (κ3) is 4.54. The van der Waals surface area contributed by atoms with Crippen LogP contribution in [0.4, 0.5) is 8.78 Å². The Morgan fingerprint density at radius 3 is 2.42 bits per heavy atom. The van der Waals surface area contributed by atoms with E-state index in [1.165, 1.54) is 13.0 Å². The summed E-state index contributed by atoms with van der Waals surface area (Å²) in [5.74, 6) is -2.05. The van der Waals surface area contributed by atoms with Crippen molar-refractivity contribution in [2.24, 2.45) is 0 Å². The molecule has 1 atom stereocenters. The van der Waals surface area contributed by atoms with Crippen molar-refractivity contribution in [3.8, 4) is 0 Å². The van der Waals surface area contributed by atoms with Crippen molar-refractivity contribution < 1.29 is 22.3 Å². The van der Waals surface area contributed by atoms with Gasteiger partial charge >= 0.3 is 0 Å². The van der Waals surface area contributed by atoms with E-state index in [-0.39, 0.29) is 17.9 Å². The molecule has 0 aromatic heterocycles. The first kappa shape index (κ1) is 16.0. The summed E-state index contributed by atoms with van der Waals surface area (Å²) in [6, 6.07) is 3.14. The van der Waals surface area contributed by atoms with Crippen molar-refractivity contribution in [1.29, 1.82) is 0 Å². The molecule has 3 nitrogen and oxygen atoms in total. The molecule has 1 aromatic carbocycles. The fourth-order valence-corrected chi connectivity index (χ4v) is 3.26. The Hall–Kier alpha value is -1.01. The summed E-state index contributed by atoms with van der Waals surface area (Å²) < 4.78 is 49.9. The highest BCUT2D eigenvalue weighted by Crippen LogP contribution is 2.24. The Bertz CT molecular complexity index is 515. The summed E-state index contributed by atoms with van der Waals surface area (Å²) in [6.45, 7) is 1.51. The van der Waals surface area contributed by atoms with Crippen LogP contribution in [0, 0.1) is 11.6 Å². The van der Waals surface area contributed by atoms with Crippen molar-refractivity contribution in [1.82, 2.24) is 0 Å². The number of unbranched alkanes of at least 4 members (excludes halogenated alkanes) is 2. The minimum absolute atomic E-state index is 0.0207. The van der Waals surface area contributed by atoms with Crippen LogP contribution in [-0.2, 0) is 9.84 Å².